The van der Waals surface area contributed by atoms with E-state index < -0.39 is 16.5 Å². The van der Waals surface area contributed by atoms with Crippen molar-refractivity contribution in [2.24, 2.45) is 0 Å². The summed E-state index contributed by atoms with van der Waals surface area (Å²) in [5.74, 6) is 2.58. The molecule has 0 saturated carbocycles. The summed E-state index contributed by atoms with van der Waals surface area (Å²) in [5.41, 5.74) is 16.1. The minimum Gasteiger partial charge on any atom is -0.876 e. The normalized spacial score (nSPS) is 12.7. The zero-order valence-corrected chi connectivity index (χ0v) is 71.8. The van der Waals surface area contributed by atoms with Gasteiger partial charge in [0, 0.05) is 89.0 Å². The maximum atomic E-state index is 9.98. The third-order valence-electron chi connectivity index (χ3n) is 21.9. The zero-order valence-electron chi connectivity index (χ0n) is 68.4. The van der Waals surface area contributed by atoms with Crippen molar-refractivity contribution in [2.45, 2.75) is 157 Å². The molecular formula is C103H97O10P2Rh-. The summed E-state index contributed by atoms with van der Waals surface area (Å²) in [7, 11) is -4.45. The summed E-state index contributed by atoms with van der Waals surface area (Å²) in [5, 5.41) is 22.5. The van der Waals surface area contributed by atoms with Crippen LogP contribution in [0.25, 0.3) is 87.0 Å². The molecule has 17 rings (SSSR count). The summed E-state index contributed by atoms with van der Waals surface area (Å²) in [6.45, 7) is 31.0. The molecule has 2 aromatic heterocycles. The van der Waals surface area contributed by atoms with E-state index in [1.54, 1.807) is 0 Å². The summed E-state index contributed by atoms with van der Waals surface area (Å²) in [6, 6.07) is 91.1. The summed E-state index contributed by atoms with van der Waals surface area (Å²) < 4.78 is 60.5. The molecule has 14 aromatic carbocycles. The van der Waals surface area contributed by atoms with Crippen LogP contribution in [0, 0.1) is 0 Å². The molecule has 1 radical (unpaired) electrons. The van der Waals surface area contributed by atoms with Crippen LogP contribution in [0.4, 0.5) is 0 Å². The molecule has 10 nitrogen and oxygen atoms in total. The predicted octanol–water partition coefficient (Wildman–Crippen LogP) is 28.1. The molecule has 16 aromatic rings. The van der Waals surface area contributed by atoms with E-state index in [4.69, 9.17) is 35.3 Å². The van der Waals surface area contributed by atoms with Crippen LogP contribution >= 0.6 is 16.5 Å². The van der Waals surface area contributed by atoms with Gasteiger partial charge in [0.15, 0.2) is 5.78 Å². The Morgan fingerprint density at radius 2 is 0.569 bits per heavy atom. The van der Waals surface area contributed by atoms with Gasteiger partial charge < -0.3 is 40.4 Å². The fraction of sp³-hybridized carbons (Fsp3) is 0.233. The molecule has 2 heterocycles. The number of carbonyl (C=O) groups is 1. The maximum absolute atomic E-state index is 9.98. The second-order valence-corrected chi connectivity index (χ2v) is 36.7. The van der Waals surface area contributed by atoms with Crippen molar-refractivity contribution >= 4 is 109 Å². The zero-order chi connectivity index (χ0) is 80.2. The first-order chi connectivity index (χ1) is 55.1. The first kappa shape index (κ1) is 80.2. The third-order valence-corrected chi connectivity index (χ3v) is 24.0. The number of benzene rings is 14. The quantitative estimate of drug-likeness (QED) is 0.0701. The number of ketones is 1. The predicted molar refractivity (Wildman–Crippen MR) is 472 cm³/mol. The number of allylic oxidation sites excluding steroid dienone is 2. The Balaban J connectivity index is 0.00000126. The Kier molecular flexibility index (Phi) is 22.5. The Hall–Kier alpha value is -11.0. The van der Waals surface area contributed by atoms with Crippen molar-refractivity contribution in [3.05, 3.63) is 345 Å². The van der Waals surface area contributed by atoms with Crippen LogP contribution in [0.2, 0.25) is 0 Å². The Labute approximate surface area is 694 Å². The average molecular weight is 1660 g/mol. The van der Waals surface area contributed by atoms with Crippen molar-refractivity contribution in [3.63, 3.8) is 0 Å². The monoisotopic (exact) mass is 1660 g/mol. The van der Waals surface area contributed by atoms with E-state index in [9.17, 15) is 9.90 Å². The van der Waals surface area contributed by atoms with Gasteiger partial charge in [0.05, 0.1) is 0 Å². The largest absolute Gasteiger partial charge is 0.876 e. The van der Waals surface area contributed by atoms with Crippen LogP contribution in [-0.4, -0.2) is 5.78 Å². The van der Waals surface area contributed by atoms with E-state index in [1.807, 2.05) is 0 Å². The SMILES string of the molecule is CC(=O)/C=C(/C)[O-].CC(C)(C)c1cc2c(OCc3ccccc3)c(c1)Cc1cc(C(C)(C)C)cc(c1Op1oc3ccc4ccccc4c3c3c(ccc4ccccc43)o1)Cc1cc(C(C)(C)C)cc(c1OCc1ccccc1)Cc1cc(C(C)(C)C)cc(c1Op1oc3ccc4ccccc4c3c3c(ccc4ccccc43)o1)C2.[Rh]. The molecule has 116 heavy (non-hydrogen) atoms. The molecule has 0 amide bonds. The second kappa shape index (κ2) is 32.6. The molecule has 8 bridgehead atoms. The molecular weight excluding hydrogens is 1560 g/mol. The molecule has 0 saturated heterocycles. The van der Waals surface area contributed by atoms with Crippen LogP contribution in [0.15, 0.2) is 283 Å². The van der Waals surface area contributed by atoms with E-state index in [2.05, 4.69) is 338 Å². The molecule has 0 N–H and O–H groups in total. The molecule has 1 aliphatic rings. The molecule has 0 aliphatic heterocycles. The van der Waals surface area contributed by atoms with Gasteiger partial charge in [-0.1, -0.05) is 321 Å². The number of rotatable bonds is 11. The minimum atomic E-state index is -2.22. The molecule has 0 atom stereocenters. The minimum absolute atomic E-state index is 0. The van der Waals surface area contributed by atoms with E-state index in [0.29, 0.717) is 72.7 Å². The second-order valence-electron chi connectivity index (χ2n) is 34.8. The Morgan fingerprint density at radius 3 is 0.793 bits per heavy atom. The van der Waals surface area contributed by atoms with Gasteiger partial charge in [-0.2, -0.15) is 0 Å². The van der Waals surface area contributed by atoms with Gasteiger partial charge in [-0.25, -0.2) is 0 Å². The van der Waals surface area contributed by atoms with Gasteiger partial charge in [-0.15, -0.1) is 5.76 Å². The number of carbonyl (C=O) groups excluding carboxylic acids is 1. The van der Waals surface area contributed by atoms with Gasteiger partial charge in [-0.3, -0.25) is 4.79 Å². The Morgan fingerprint density at radius 1 is 0.336 bits per heavy atom. The first-order valence-electron chi connectivity index (χ1n) is 39.7. The van der Waals surface area contributed by atoms with Crippen LogP contribution in [0.3, 0.4) is 0 Å². The van der Waals surface area contributed by atoms with Crippen molar-refractivity contribution in [1.82, 2.24) is 0 Å². The standard InChI is InChI=1S/C98H90O8P2.C5H8O2.Rh/c1-95(2,3)75-51-67-47-71-55-77(97(7,8)9)57-73(93(71)105-107-101-83-43-39-63-31-19-23-35-79(63)87(83)88-80-36-24-20-32-64(80)40-44-84(88)102-107)49-69-53-76(96(4,5)6)54-70(92(69)100-60-62-29-17-14-18-30-62)50-74-58-78(98(10,11)12)56-72(48-68(52-75)91(67)99-59-61-27-15-13-16-28-61)94(74)106-108-103-85-45-41-65-33-21-25-37-81(65)89(85)90-82-38-26-22-34-66(82)42-46-86(90)104-108;1-4(6)3-5(2)7;/h13-46,51-58H,47-50,59-60H2,1-12H3;3,6H,1-2H3;/p-1/b;4-3-;. The molecule has 1 aliphatic carbocycles. The third kappa shape index (κ3) is 17.0. The van der Waals surface area contributed by atoms with Crippen LogP contribution < -0.4 is 23.6 Å². The fourth-order valence-corrected chi connectivity index (χ4v) is 18.1. The number of ether oxygens (including phenoxy) is 2. The summed E-state index contributed by atoms with van der Waals surface area (Å²) in [4.78, 5) is 9.98. The number of hydrogen-bond donors (Lipinski definition) is 0. The van der Waals surface area contributed by atoms with Gasteiger partial charge in [0.1, 0.15) is 58.5 Å². The topological polar surface area (TPSA) is 130 Å². The van der Waals surface area contributed by atoms with Gasteiger partial charge in [0.2, 0.25) is 0 Å². The van der Waals surface area contributed by atoms with Crippen LogP contribution in [-0.2, 0) is 84.8 Å². The average Bonchev–Trinajstić information content (AvgIpc) is 1.48. The van der Waals surface area contributed by atoms with Crippen molar-refractivity contribution in [3.8, 4) is 23.0 Å². The number of fused-ring (bicyclic) bond motifs is 22. The maximum Gasteiger partial charge on any atom is 0.453 e. The molecule has 0 unspecified atom stereocenters. The molecule has 0 spiro atoms. The van der Waals surface area contributed by atoms with Crippen molar-refractivity contribution in [1.29, 1.82) is 0 Å². The van der Waals surface area contributed by atoms with Crippen molar-refractivity contribution in [2.75, 3.05) is 0 Å². The smallest absolute Gasteiger partial charge is 0.453 e. The molecule has 0 fully saturated rings. The van der Waals surface area contributed by atoms with E-state index in [-0.39, 0.29) is 52.7 Å². The molecule has 589 valence electrons. The van der Waals surface area contributed by atoms with E-state index >= 15 is 0 Å². The van der Waals surface area contributed by atoms with Gasteiger partial charge in [0.25, 0.3) is 0 Å². The molecule has 13 heteroatoms. The first-order valence-corrected chi connectivity index (χ1v) is 41.9. The van der Waals surface area contributed by atoms with Crippen LogP contribution in [0.1, 0.15) is 175 Å². The number of hydrogen-bond acceptors (Lipinski definition) is 10. The Bertz CT molecular complexity index is 5910. The van der Waals surface area contributed by atoms with E-state index in [0.717, 1.165) is 160 Å². The van der Waals surface area contributed by atoms with E-state index in [1.165, 1.54) is 13.8 Å². The van der Waals surface area contributed by atoms with Crippen LogP contribution in [0.5, 0.6) is 23.0 Å². The summed E-state index contributed by atoms with van der Waals surface area (Å²) >= 11 is 0. The van der Waals surface area contributed by atoms with Gasteiger partial charge >= 0.3 is 16.5 Å². The fourth-order valence-electron chi connectivity index (χ4n) is 15.9. The van der Waals surface area contributed by atoms with Gasteiger partial charge in [-0.05, 0) is 158 Å². The van der Waals surface area contributed by atoms with Crippen molar-refractivity contribution < 1.29 is 64.7 Å². The summed E-state index contributed by atoms with van der Waals surface area (Å²) in [6.07, 6.45) is 2.70.